The van der Waals surface area contributed by atoms with Crippen molar-refractivity contribution in [2.24, 2.45) is 0 Å². The number of carbonyl (C=O) groups excluding carboxylic acids is 1. The lowest BCUT2D eigenvalue weighted by Gasteiger charge is -2.19. The maximum Gasteiger partial charge on any atom is 0.422 e. The zero-order chi connectivity index (χ0) is 12.8. The molecule has 6 heteroatoms. The third-order valence-electron chi connectivity index (χ3n) is 2.98. The summed E-state index contributed by atoms with van der Waals surface area (Å²) in [5.74, 6) is -0.0455. The summed E-state index contributed by atoms with van der Waals surface area (Å²) in [5.41, 5.74) is 1.12. The van der Waals surface area contributed by atoms with Crippen molar-refractivity contribution in [3.63, 3.8) is 0 Å². The topological polar surface area (TPSA) is 62.4 Å². The van der Waals surface area contributed by atoms with Gasteiger partial charge in [0.2, 0.25) is 0 Å². The number of aromatic nitrogens is 1. The third kappa shape index (κ3) is 4.54. The molecule has 1 aliphatic rings. The minimum Gasteiger partial charge on any atom is -1.00 e. The Kier molecular flexibility index (Phi) is 6.94. The zero-order valence-electron chi connectivity index (χ0n) is 10.7. The maximum absolute atomic E-state index is 12.1. The molecule has 2 N–H and O–H groups in total. The Labute approximate surface area is 119 Å². The van der Waals surface area contributed by atoms with Gasteiger partial charge in [-0.2, -0.15) is 0 Å². The predicted molar refractivity (Wildman–Crippen MR) is 65.3 cm³/mol. The van der Waals surface area contributed by atoms with Crippen LogP contribution in [-0.4, -0.2) is 43.4 Å². The average molecular weight is 287 g/mol. The van der Waals surface area contributed by atoms with Gasteiger partial charge in [-0.15, -0.1) is 4.57 Å². The first kappa shape index (κ1) is 16.0. The van der Waals surface area contributed by atoms with E-state index in [2.05, 4.69) is 5.32 Å². The van der Waals surface area contributed by atoms with E-state index < -0.39 is 6.10 Å². The molecule has 5 nitrogen and oxygen atoms in total. The summed E-state index contributed by atoms with van der Waals surface area (Å²) < 4.78 is 6.98. The van der Waals surface area contributed by atoms with Crippen LogP contribution in [0.5, 0.6) is 0 Å². The molecule has 0 spiro atoms. The SMILES string of the molecule is O=C(C1CNCCO1)[n+]1ccc(CCCO)cc1.[Cl-]. The Morgan fingerprint density at radius 2 is 2.21 bits per heavy atom. The maximum atomic E-state index is 12.1. The van der Waals surface area contributed by atoms with Gasteiger partial charge in [0.1, 0.15) is 0 Å². The van der Waals surface area contributed by atoms with E-state index in [0.29, 0.717) is 13.2 Å². The van der Waals surface area contributed by atoms with Gasteiger partial charge in [-0.25, -0.2) is 4.79 Å². The minimum atomic E-state index is -0.396. The molecule has 1 saturated heterocycles. The molecule has 106 valence electrons. The van der Waals surface area contributed by atoms with Crippen LogP contribution >= 0.6 is 0 Å². The van der Waals surface area contributed by atoms with Crippen molar-refractivity contribution in [3.8, 4) is 0 Å². The molecule has 1 unspecified atom stereocenters. The fourth-order valence-corrected chi connectivity index (χ4v) is 1.94. The van der Waals surface area contributed by atoms with Gasteiger partial charge in [-0.1, -0.05) is 0 Å². The minimum absolute atomic E-state index is 0. The van der Waals surface area contributed by atoms with Crippen LogP contribution in [0.3, 0.4) is 0 Å². The highest BCUT2D eigenvalue weighted by Crippen LogP contribution is 2.01. The van der Waals surface area contributed by atoms with Crippen LogP contribution in [0.1, 0.15) is 16.8 Å². The summed E-state index contributed by atoms with van der Waals surface area (Å²) in [6.45, 7) is 2.13. The van der Waals surface area contributed by atoms with Crippen molar-refractivity contribution >= 4 is 5.91 Å². The van der Waals surface area contributed by atoms with Gasteiger partial charge in [-0.05, 0) is 18.4 Å². The molecule has 0 amide bonds. The number of nitrogens with one attached hydrogen (secondary N) is 1. The van der Waals surface area contributed by atoms with Gasteiger partial charge in [0.25, 0.3) is 0 Å². The van der Waals surface area contributed by atoms with Crippen LogP contribution in [0.2, 0.25) is 0 Å². The summed E-state index contributed by atoms with van der Waals surface area (Å²) in [7, 11) is 0. The first-order valence-corrected chi connectivity index (χ1v) is 6.29. The predicted octanol–water partition coefficient (Wildman–Crippen LogP) is -3.47. The first-order chi connectivity index (χ1) is 8.81. The Hall–Kier alpha value is -1.01. The largest absolute Gasteiger partial charge is 1.00 e. The highest BCUT2D eigenvalue weighted by Gasteiger charge is 2.29. The summed E-state index contributed by atoms with van der Waals surface area (Å²) in [4.78, 5) is 12.1. The number of morpholine rings is 1. The molecule has 1 aliphatic heterocycles. The molecule has 19 heavy (non-hydrogen) atoms. The van der Waals surface area contributed by atoms with E-state index in [1.165, 1.54) is 0 Å². The highest BCUT2D eigenvalue weighted by molar-refractivity contribution is 5.72. The summed E-state index contributed by atoms with van der Waals surface area (Å²) in [6.07, 6.45) is 4.69. The highest BCUT2D eigenvalue weighted by atomic mass is 35.5. The van der Waals surface area contributed by atoms with Crippen molar-refractivity contribution in [2.45, 2.75) is 18.9 Å². The quantitative estimate of drug-likeness (QED) is 0.565. The normalized spacial score (nSPS) is 18.7. The molecule has 0 radical (unpaired) electrons. The number of hydrogen-bond donors (Lipinski definition) is 2. The first-order valence-electron chi connectivity index (χ1n) is 6.29. The number of hydrogen-bond acceptors (Lipinski definition) is 4. The van der Waals surface area contributed by atoms with Crippen molar-refractivity contribution in [3.05, 3.63) is 30.1 Å². The molecule has 0 bridgehead atoms. The smallest absolute Gasteiger partial charge is 0.422 e. The van der Waals surface area contributed by atoms with Gasteiger partial charge >= 0.3 is 5.91 Å². The van der Waals surface area contributed by atoms with Gasteiger partial charge in [0, 0.05) is 31.8 Å². The number of aliphatic hydroxyl groups excluding tert-OH is 1. The Morgan fingerprint density at radius 3 is 2.79 bits per heavy atom. The molecule has 1 aromatic rings. The van der Waals surface area contributed by atoms with Crippen molar-refractivity contribution in [1.29, 1.82) is 0 Å². The second-order valence-corrected chi connectivity index (χ2v) is 4.34. The van der Waals surface area contributed by atoms with E-state index in [-0.39, 0.29) is 24.9 Å². The van der Waals surface area contributed by atoms with E-state index in [1.807, 2.05) is 12.1 Å². The monoisotopic (exact) mass is 286 g/mol. The molecule has 1 atom stereocenters. The molecule has 1 aromatic heterocycles. The van der Waals surface area contributed by atoms with Crippen molar-refractivity contribution in [2.75, 3.05) is 26.3 Å². The number of carbonyl (C=O) groups is 1. The fraction of sp³-hybridized carbons (Fsp3) is 0.538. The lowest BCUT2D eigenvalue weighted by molar-refractivity contribution is -0.578. The molecular formula is C13H19ClN2O3. The Bertz CT molecular complexity index is 391. The lowest BCUT2D eigenvalue weighted by atomic mass is 10.1. The molecule has 0 aromatic carbocycles. The van der Waals surface area contributed by atoms with Gasteiger partial charge in [0.05, 0.1) is 6.61 Å². The molecule has 0 aliphatic carbocycles. The lowest BCUT2D eigenvalue weighted by Crippen LogP contribution is -3.00. The molecule has 1 fully saturated rings. The van der Waals surface area contributed by atoms with Crippen LogP contribution < -0.4 is 22.3 Å². The van der Waals surface area contributed by atoms with Crippen LogP contribution in [0.4, 0.5) is 0 Å². The van der Waals surface area contributed by atoms with Crippen molar-refractivity contribution < 1.29 is 31.6 Å². The van der Waals surface area contributed by atoms with Crippen LogP contribution in [0, 0.1) is 0 Å². The summed E-state index contributed by atoms with van der Waals surface area (Å²) >= 11 is 0. The number of halogens is 1. The van der Waals surface area contributed by atoms with E-state index in [1.54, 1.807) is 17.0 Å². The second kappa shape index (κ2) is 8.22. The second-order valence-electron chi connectivity index (χ2n) is 4.34. The van der Waals surface area contributed by atoms with Crippen LogP contribution in [0.25, 0.3) is 0 Å². The molecule has 2 rings (SSSR count). The standard InChI is InChI=1S/C13H19N2O3.ClH/c16-8-1-2-11-3-6-15(7-4-11)13(17)12-10-14-5-9-18-12;/h3-4,6-7,12,14,16H,1-2,5,8-10H2;1H/q+1;/p-1. The number of rotatable bonds is 4. The van der Waals surface area contributed by atoms with E-state index >= 15 is 0 Å². The molecule has 0 saturated carbocycles. The number of nitrogens with zero attached hydrogens (tertiary/aromatic N) is 1. The summed E-state index contributed by atoms with van der Waals surface area (Å²) in [6, 6.07) is 3.81. The Balaban J connectivity index is 0.00000180. The zero-order valence-corrected chi connectivity index (χ0v) is 11.5. The molecule has 2 heterocycles. The van der Waals surface area contributed by atoms with Gasteiger partial charge < -0.3 is 27.6 Å². The number of ether oxygens (including phenoxy) is 1. The van der Waals surface area contributed by atoms with Gasteiger partial charge in [0.15, 0.2) is 18.5 Å². The fourth-order valence-electron chi connectivity index (χ4n) is 1.94. The van der Waals surface area contributed by atoms with E-state index in [9.17, 15) is 4.79 Å². The van der Waals surface area contributed by atoms with Gasteiger partial charge in [-0.3, -0.25) is 0 Å². The van der Waals surface area contributed by atoms with Crippen LogP contribution in [0.15, 0.2) is 24.5 Å². The van der Waals surface area contributed by atoms with Crippen molar-refractivity contribution in [1.82, 2.24) is 5.32 Å². The number of aliphatic hydroxyl groups is 1. The Morgan fingerprint density at radius 1 is 1.47 bits per heavy atom. The van der Waals surface area contributed by atoms with Crippen LogP contribution in [-0.2, 0) is 11.2 Å². The average Bonchev–Trinajstić information content (AvgIpc) is 2.46. The molecular weight excluding hydrogens is 268 g/mol. The summed E-state index contributed by atoms with van der Waals surface area (Å²) in [5, 5.41) is 11.9. The third-order valence-corrected chi connectivity index (χ3v) is 2.98. The van der Waals surface area contributed by atoms with E-state index in [4.69, 9.17) is 9.84 Å². The number of pyridine rings is 1. The number of aryl methyl sites for hydroxylation is 1. The van der Waals surface area contributed by atoms with E-state index in [0.717, 1.165) is 24.9 Å².